The SMILES string of the molecule is CC1=CN=C2N=CN=C3C=CC=C1N32. The molecule has 0 fully saturated rings. The van der Waals surface area contributed by atoms with E-state index in [0.29, 0.717) is 5.96 Å². The van der Waals surface area contributed by atoms with Gasteiger partial charge in [0.25, 0.3) is 0 Å². The van der Waals surface area contributed by atoms with E-state index in [-0.39, 0.29) is 0 Å². The molecule has 0 aliphatic carbocycles. The molecule has 0 bridgehead atoms. The van der Waals surface area contributed by atoms with Gasteiger partial charge in [0.15, 0.2) is 0 Å². The lowest BCUT2D eigenvalue weighted by molar-refractivity contribution is 0.731. The van der Waals surface area contributed by atoms with Crippen molar-refractivity contribution in [3.05, 3.63) is 35.7 Å². The summed E-state index contributed by atoms with van der Waals surface area (Å²) < 4.78 is 0. The monoisotopic (exact) mass is 184 g/mol. The molecule has 0 spiro atoms. The normalized spacial score (nSPS) is 22.2. The highest BCUT2D eigenvalue weighted by Gasteiger charge is 2.26. The van der Waals surface area contributed by atoms with Crippen LogP contribution in [0.15, 0.2) is 50.7 Å². The maximum absolute atomic E-state index is 4.24. The first-order valence-electron chi connectivity index (χ1n) is 4.40. The second-order valence-electron chi connectivity index (χ2n) is 3.22. The number of rotatable bonds is 0. The number of guanidine groups is 1. The van der Waals surface area contributed by atoms with Gasteiger partial charge >= 0.3 is 0 Å². The molecule has 0 unspecified atom stereocenters. The van der Waals surface area contributed by atoms with Crippen molar-refractivity contribution in [1.29, 1.82) is 0 Å². The fourth-order valence-corrected chi connectivity index (χ4v) is 1.63. The zero-order valence-electron chi connectivity index (χ0n) is 7.68. The Balaban J connectivity index is 2.24. The van der Waals surface area contributed by atoms with Gasteiger partial charge in [0.05, 0.1) is 5.70 Å². The average Bonchev–Trinajstić information content (AvgIpc) is 2.24. The van der Waals surface area contributed by atoms with Crippen molar-refractivity contribution >= 4 is 18.1 Å². The summed E-state index contributed by atoms with van der Waals surface area (Å²) in [6.07, 6.45) is 9.34. The molecule has 3 heterocycles. The van der Waals surface area contributed by atoms with Gasteiger partial charge in [0.2, 0.25) is 5.96 Å². The summed E-state index contributed by atoms with van der Waals surface area (Å²) in [7, 11) is 0. The number of hydrogen-bond donors (Lipinski definition) is 0. The Hall–Kier alpha value is -1.97. The molecule has 0 radical (unpaired) electrons. The van der Waals surface area contributed by atoms with E-state index < -0.39 is 0 Å². The van der Waals surface area contributed by atoms with Crippen LogP contribution < -0.4 is 0 Å². The van der Waals surface area contributed by atoms with E-state index in [0.717, 1.165) is 17.1 Å². The molecule has 68 valence electrons. The molecule has 0 saturated carbocycles. The lowest BCUT2D eigenvalue weighted by atomic mass is 10.1. The van der Waals surface area contributed by atoms with Crippen LogP contribution in [-0.4, -0.2) is 23.0 Å². The first-order chi connectivity index (χ1) is 6.86. The van der Waals surface area contributed by atoms with E-state index in [9.17, 15) is 0 Å². The highest BCUT2D eigenvalue weighted by atomic mass is 15.4. The van der Waals surface area contributed by atoms with Crippen LogP contribution in [0.1, 0.15) is 6.92 Å². The Bertz CT molecular complexity index is 474. The van der Waals surface area contributed by atoms with Crippen molar-refractivity contribution in [3.63, 3.8) is 0 Å². The molecule has 0 amide bonds. The van der Waals surface area contributed by atoms with E-state index >= 15 is 0 Å². The van der Waals surface area contributed by atoms with Gasteiger partial charge in [-0.25, -0.2) is 15.0 Å². The second-order valence-corrected chi connectivity index (χ2v) is 3.22. The van der Waals surface area contributed by atoms with Gasteiger partial charge < -0.3 is 0 Å². The summed E-state index contributed by atoms with van der Waals surface area (Å²) in [5, 5.41) is 0. The fraction of sp³-hybridized carbons (Fsp3) is 0.100. The van der Waals surface area contributed by atoms with Gasteiger partial charge in [-0.05, 0) is 24.6 Å². The highest BCUT2D eigenvalue weighted by molar-refractivity contribution is 6.15. The van der Waals surface area contributed by atoms with Gasteiger partial charge in [0.1, 0.15) is 12.2 Å². The third kappa shape index (κ3) is 0.849. The molecular weight excluding hydrogens is 176 g/mol. The van der Waals surface area contributed by atoms with Crippen molar-refractivity contribution in [1.82, 2.24) is 4.90 Å². The zero-order chi connectivity index (χ0) is 9.54. The largest absolute Gasteiger partial charge is 0.262 e. The quantitative estimate of drug-likeness (QED) is 0.561. The van der Waals surface area contributed by atoms with Crippen LogP contribution in [0.3, 0.4) is 0 Å². The third-order valence-corrected chi connectivity index (χ3v) is 2.31. The Morgan fingerprint density at radius 1 is 1.29 bits per heavy atom. The molecule has 14 heavy (non-hydrogen) atoms. The Morgan fingerprint density at radius 3 is 3.14 bits per heavy atom. The van der Waals surface area contributed by atoms with Crippen molar-refractivity contribution in [3.8, 4) is 0 Å². The van der Waals surface area contributed by atoms with Gasteiger partial charge in [-0.1, -0.05) is 6.08 Å². The summed E-state index contributed by atoms with van der Waals surface area (Å²) in [5.41, 5.74) is 2.23. The predicted octanol–water partition coefficient (Wildman–Crippen LogP) is 1.46. The topological polar surface area (TPSA) is 40.3 Å². The molecule has 4 nitrogen and oxygen atoms in total. The van der Waals surface area contributed by atoms with Crippen LogP contribution in [0, 0.1) is 0 Å². The average molecular weight is 184 g/mol. The van der Waals surface area contributed by atoms with Gasteiger partial charge in [0, 0.05) is 6.20 Å². The Morgan fingerprint density at radius 2 is 2.21 bits per heavy atom. The molecule has 0 aromatic rings. The van der Waals surface area contributed by atoms with Crippen molar-refractivity contribution in [2.75, 3.05) is 0 Å². The highest BCUT2D eigenvalue weighted by Crippen LogP contribution is 2.25. The molecule has 0 aromatic heterocycles. The fourth-order valence-electron chi connectivity index (χ4n) is 1.63. The van der Waals surface area contributed by atoms with Gasteiger partial charge in [-0.15, -0.1) is 0 Å². The van der Waals surface area contributed by atoms with Crippen molar-refractivity contribution in [2.24, 2.45) is 15.0 Å². The summed E-state index contributed by atoms with van der Waals surface area (Å²) in [6, 6.07) is 0. The van der Waals surface area contributed by atoms with Crippen molar-refractivity contribution in [2.45, 2.75) is 6.92 Å². The summed E-state index contributed by atoms with van der Waals surface area (Å²) in [5.74, 6) is 1.57. The molecule has 4 heteroatoms. The first kappa shape index (κ1) is 7.44. The lowest BCUT2D eigenvalue weighted by Gasteiger charge is -2.31. The summed E-state index contributed by atoms with van der Waals surface area (Å²) in [6.45, 7) is 2.03. The second kappa shape index (κ2) is 2.51. The van der Waals surface area contributed by atoms with Crippen molar-refractivity contribution < 1.29 is 0 Å². The minimum atomic E-state index is 0.691. The lowest BCUT2D eigenvalue weighted by Crippen LogP contribution is -2.39. The van der Waals surface area contributed by atoms with Crippen LogP contribution in [-0.2, 0) is 0 Å². The minimum absolute atomic E-state index is 0.691. The third-order valence-electron chi connectivity index (χ3n) is 2.31. The number of hydrogen-bond acceptors (Lipinski definition) is 4. The molecule has 3 aliphatic rings. The van der Waals surface area contributed by atoms with E-state index in [1.165, 1.54) is 6.34 Å². The van der Waals surface area contributed by atoms with E-state index in [1.807, 2.05) is 36.3 Å². The smallest absolute Gasteiger partial charge is 0.237 e. The van der Waals surface area contributed by atoms with Crippen LogP contribution in [0.25, 0.3) is 0 Å². The maximum atomic E-state index is 4.24. The number of allylic oxidation sites excluding steroid dienone is 3. The van der Waals surface area contributed by atoms with Crippen LogP contribution in [0.5, 0.6) is 0 Å². The zero-order valence-corrected chi connectivity index (χ0v) is 7.68. The maximum Gasteiger partial charge on any atom is 0.237 e. The van der Waals surface area contributed by atoms with E-state index in [1.54, 1.807) is 0 Å². The minimum Gasteiger partial charge on any atom is -0.262 e. The Labute approximate surface area is 81.4 Å². The molecule has 0 saturated heterocycles. The van der Waals surface area contributed by atoms with E-state index in [4.69, 9.17) is 0 Å². The molecule has 3 rings (SSSR count). The first-order valence-corrected chi connectivity index (χ1v) is 4.40. The van der Waals surface area contributed by atoms with E-state index in [2.05, 4.69) is 15.0 Å². The number of aliphatic imine (C=N–C) groups is 3. The van der Waals surface area contributed by atoms with Gasteiger partial charge in [-0.3, -0.25) is 4.90 Å². The number of amidine groups is 1. The molecule has 3 aliphatic heterocycles. The molecule has 0 aromatic carbocycles. The standard InChI is InChI=1S/C10H8N4/c1-7-5-11-10-13-6-12-9-4-2-3-8(7)14(9)10/h2-6H,1H3. The predicted molar refractivity (Wildman–Crippen MR) is 56.2 cm³/mol. The van der Waals surface area contributed by atoms with Crippen LogP contribution in [0.4, 0.5) is 0 Å². The summed E-state index contributed by atoms with van der Waals surface area (Å²) >= 11 is 0. The molecule has 0 atom stereocenters. The Kier molecular flexibility index (Phi) is 1.33. The number of nitrogens with zero attached hydrogens (tertiary/aromatic N) is 4. The van der Waals surface area contributed by atoms with Crippen LogP contribution >= 0.6 is 0 Å². The summed E-state index contributed by atoms with van der Waals surface area (Å²) in [4.78, 5) is 14.5. The molecule has 0 N–H and O–H groups in total. The molecular formula is C10H8N4. The van der Waals surface area contributed by atoms with Gasteiger partial charge in [-0.2, -0.15) is 0 Å². The van der Waals surface area contributed by atoms with Crippen LogP contribution in [0.2, 0.25) is 0 Å².